The molecular weight excluding hydrogens is 312 g/mol. The minimum Gasteiger partial charge on any atom is -0.343 e. The molecule has 112 valence electrons. The Bertz CT molecular complexity index is 646. The third-order valence-corrected chi connectivity index (χ3v) is 4.03. The highest BCUT2D eigenvalue weighted by Gasteiger charge is 2.27. The van der Waals surface area contributed by atoms with E-state index in [9.17, 15) is 10.1 Å². The lowest BCUT2D eigenvalue weighted by Gasteiger charge is -2.27. The molecule has 0 unspecified atom stereocenters. The van der Waals surface area contributed by atoms with Crippen molar-refractivity contribution >= 4 is 34.4 Å². The van der Waals surface area contributed by atoms with Crippen LogP contribution in [-0.4, -0.2) is 20.9 Å². The topological polar surface area (TPSA) is 72.2 Å². The highest BCUT2D eigenvalue weighted by Crippen LogP contribution is 2.32. The van der Waals surface area contributed by atoms with E-state index < -0.39 is 4.92 Å². The monoisotopic (exact) mass is 326 g/mol. The predicted octanol–water partition coefficient (Wildman–Crippen LogP) is 3.82. The molecule has 0 amide bonds. The van der Waals surface area contributed by atoms with E-state index in [-0.39, 0.29) is 28.5 Å². The first kappa shape index (κ1) is 15.7. The van der Waals surface area contributed by atoms with Crippen LogP contribution in [0.2, 0.25) is 5.28 Å². The molecule has 2 rings (SSSR count). The van der Waals surface area contributed by atoms with Gasteiger partial charge in [-0.1, -0.05) is 6.07 Å². The molecule has 0 bridgehead atoms. The van der Waals surface area contributed by atoms with Crippen molar-refractivity contribution in [1.82, 2.24) is 9.97 Å². The number of aromatic nitrogens is 2. The number of nitro groups is 1. The molecule has 0 radical (unpaired) electrons. The summed E-state index contributed by atoms with van der Waals surface area (Å²) in [6, 6.07) is 3.98. The molecule has 8 heteroatoms. The average Bonchev–Trinajstić information content (AvgIpc) is 2.86. The zero-order chi connectivity index (χ0) is 15.6. The van der Waals surface area contributed by atoms with Gasteiger partial charge in [0.2, 0.25) is 11.1 Å². The quantitative estimate of drug-likeness (QED) is 0.474. The first-order valence-corrected chi connectivity index (χ1v) is 7.63. The number of aryl methyl sites for hydroxylation is 1. The van der Waals surface area contributed by atoms with Gasteiger partial charge in [-0.2, -0.15) is 4.98 Å². The largest absolute Gasteiger partial charge is 0.343 e. The first-order chi connectivity index (χ1) is 9.90. The third kappa shape index (κ3) is 3.48. The number of anilines is 1. The van der Waals surface area contributed by atoms with E-state index in [1.807, 2.05) is 36.3 Å². The molecule has 0 fully saturated rings. The van der Waals surface area contributed by atoms with Crippen LogP contribution in [0, 0.1) is 17.0 Å². The van der Waals surface area contributed by atoms with Crippen molar-refractivity contribution in [2.75, 3.05) is 4.90 Å². The Balaban J connectivity index is 2.51. The zero-order valence-electron chi connectivity index (χ0n) is 11.9. The molecule has 0 aliphatic heterocycles. The van der Waals surface area contributed by atoms with Gasteiger partial charge in [0.15, 0.2) is 0 Å². The Kier molecular flexibility index (Phi) is 4.74. The maximum atomic E-state index is 11.3. The van der Waals surface area contributed by atoms with E-state index in [2.05, 4.69) is 9.97 Å². The smallest absolute Gasteiger partial charge is 0.332 e. The molecular formula is C13H15ClN4O2S. The molecule has 6 nitrogen and oxygen atoms in total. The summed E-state index contributed by atoms with van der Waals surface area (Å²) in [4.78, 5) is 21.8. The van der Waals surface area contributed by atoms with Gasteiger partial charge in [-0.05, 0) is 43.8 Å². The van der Waals surface area contributed by atoms with Crippen molar-refractivity contribution in [1.29, 1.82) is 0 Å². The molecule has 0 aliphatic carbocycles. The van der Waals surface area contributed by atoms with Gasteiger partial charge in [0, 0.05) is 10.9 Å². The summed E-state index contributed by atoms with van der Waals surface area (Å²) in [6.07, 6.45) is 0. The fourth-order valence-electron chi connectivity index (χ4n) is 2.00. The van der Waals surface area contributed by atoms with Crippen LogP contribution >= 0.6 is 22.9 Å². The molecule has 21 heavy (non-hydrogen) atoms. The Morgan fingerprint density at radius 1 is 1.48 bits per heavy atom. The Labute approximate surface area is 131 Å². The van der Waals surface area contributed by atoms with Gasteiger partial charge in [0.1, 0.15) is 5.69 Å². The second-order valence-electron chi connectivity index (χ2n) is 4.81. The highest BCUT2D eigenvalue weighted by atomic mass is 35.5. The predicted molar refractivity (Wildman–Crippen MR) is 84.1 cm³/mol. The fraction of sp³-hybridized carbons (Fsp3) is 0.385. The van der Waals surface area contributed by atoms with Crippen molar-refractivity contribution in [3.8, 4) is 0 Å². The fourth-order valence-corrected chi connectivity index (χ4v) is 2.91. The van der Waals surface area contributed by atoms with Crippen LogP contribution in [0.15, 0.2) is 17.5 Å². The van der Waals surface area contributed by atoms with E-state index in [0.717, 1.165) is 4.88 Å². The van der Waals surface area contributed by atoms with Crippen LogP contribution in [0.4, 0.5) is 11.5 Å². The molecule has 0 aliphatic rings. The Hall–Kier alpha value is -1.73. The third-order valence-electron chi connectivity index (χ3n) is 3.00. The van der Waals surface area contributed by atoms with Gasteiger partial charge in [-0.25, -0.2) is 4.98 Å². The number of rotatable bonds is 5. The van der Waals surface area contributed by atoms with Gasteiger partial charge in [-0.3, -0.25) is 10.1 Å². The molecule has 0 saturated carbocycles. The summed E-state index contributed by atoms with van der Waals surface area (Å²) < 4.78 is 0. The molecule has 2 aromatic rings. The SMILES string of the molecule is Cc1nc(Cl)nc(N(Cc2cccs2)C(C)C)c1[N+](=O)[O-]. The second-order valence-corrected chi connectivity index (χ2v) is 6.18. The van der Waals surface area contributed by atoms with E-state index in [1.54, 1.807) is 18.3 Å². The van der Waals surface area contributed by atoms with Crippen LogP contribution in [0.5, 0.6) is 0 Å². The Morgan fingerprint density at radius 2 is 2.19 bits per heavy atom. The van der Waals surface area contributed by atoms with Crippen LogP contribution in [-0.2, 0) is 6.54 Å². The summed E-state index contributed by atoms with van der Waals surface area (Å²) in [5, 5.41) is 13.3. The minimum absolute atomic E-state index is 0.0185. The summed E-state index contributed by atoms with van der Waals surface area (Å²) in [5.74, 6) is 0.265. The number of halogens is 1. The summed E-state index contributed by atoms with van der Waals surface area (Å²) in [6.45, 7) is 6.03. The van der Waals surface area contributed by atoms with Crippen molar-refractivity contribution in [2.45, 2.75) is 33.4 Å². The van der Waals surface area contributed by atoms with Crippen LogP contribution in [0.25, 0.3) is 0 Å². The van der Waals surface area contributed by atoms with Gasteiger partial charge < -0.3 is 4.90 Å². The van der Waals surface area contributed by atoms with Crippen molar-refractivity contribution in [2.24, 2.45) is 0 Å². The van der Waals surface area contributed by atoms with Crippen LogP contribution in [0.3, 0.4) is 0 Å². The number of nitrogens with zero attached hydrogens (tertiary/aromatic N) is 4. The van der Waals surface area contributed by atoms with E-state index >= 15 is 0 Å². The Morgan fingerprint density at radius 3 is 2.71 bits per heavy atom. The normalized spacial score (nSPS) is 10.9. The lowest BCUT2D eigenvalue weighted by molar-refractivity contribution is -0.385. The number of hydrogen-bond donors (Lipinski definition) is 0. The van der Waals surface area contributed by atoms with Gasteiger partial charge in [0.05, 0.1) is 11.5 Å². The zero-order valence-corrected chi connectivity index (χ0v) is 13.5. The lowest BCUT2D eigenvalue weighted by atomic mass is 10.2. The molecule has 0 N–H and O–H groups in total. The standard InChI is InChI=1S/C13H15ClN4O2S/c1-8(2)17(7-10-5-4-6-21-10)12-11(18(19)20)9(3)15-13(14)16-12/h4-6,8H,7H2,1-3H3. The summed E-state index contributed by atoms with van der Waals surface area (Å²) in [7, 11) is 0. The minimum atomic E-state index is -0.454. The molecule has 2 aromatic heterocycles. The maximum Gasteiger partial charge on any atom is 0.332 e. The van der Waals surface area contributed by atoms with Crippen LogP contribution < -0.4 is 4.90 Å². The van der Waals surface area contributed by atoms with E-state index in [0.29, 0.717) is 6.54 Å². The lowest BCUT2D eigenvalue weighted by Crippen LogP contribution is -2.31. The van der Waals surface area contributed by atoms with Crippen molar-refractivity contribution in [3.63, 3.8) is 0 Å². The number of thiophene rings is 1. The van der Waals surface area contributed by atoms with Crippen molar-refractivity contribution < 1.29 is 4.92 Å². The van der Waals surface area contributed by atoms with Gasteiger partial charge in [0.25, 0.3) is 0 Å². The number of hydrogen-bond acceptors (Lipinski definition) is 6. The highest BCUT2D eigenvalue weighted by molar-refractivity contribution is 7.09. The molecule has 2 heterocycles. The summed E-state index contributed by atoms with van der Waals surface area (Å²) in [5.41, 5.74) is 0.177. The maximum absolute atomic E-state index is 11.3. The second kappa shape index (κ2) is 6.36. The van der Waals surface area contributed by atoms with Gasteiger partial charge in [-0.15, -0.1) is 11.3 Å². The molecule has 0 saturated heterocycles. The van der Waals surface area contributed by atoms with Crippen molar-refractivity contribution in [3.05, 3.63) is 43.5 Å². The van der Waals surface area contributed by atoms with E-state index in [1.165, 1.54) is 0 Å². The average molecular weight is 327 g/mol. The van der Waals surface area contributed by atoms with E-state index in [4.69, 9.17) is 11.6 Å². The molecule has 0 aromatic carbocycles. The van der Waals surface area contributed by atoms with Crippen LogP contribution in [0.1, 0.15) is 24.4 Å². The summed E-state index contributed by atoms with van der Waals surface area (Å²) >= 11 is 7.49. The molecule has 0 spiro atoms. The first-order valence-electron chi connectivity index (χ1n) is 6.37. The molecule has 0 atom stereocenters. The van der Waals surface area contributed by atoms with Gasteiger partial charge >= 0.3 is 5.69 Å².